The summed E-state index contributed by atoms with van der Waals surface area (Å²) in [5.41, 5.74) is 1.92. The standard InChI is InChI=1S/C21H21N3O2/c1-2-18-22-13-17(14-23-18)21(26)24-19(15-9-5-3-6-10-15)20(25)16-11-7-4-8-12-16/h3-14,19-20,25H,2H2,1H3,(H,24,26). The van der Waals surface area contributed by atoms with Crippen LogP contribution in [0, 0.1) is 0 Å². The SMILES string of the molecule is CCc1ncc(C(=O)NC(c2ccccc2)C(O)c2ccccc2)cn1. The highest BCUT2D eigenvalue weighted by Crippen LogP contribution is 2.28. The number of hydrogen-bond acceptors (Lipinski definition) is 4. The second kappa shape index (κ2) is 8.36. The number of nitrogens with one attached hydrogen (secondary N) is 1. The van der Waals surface area contributed by atoms with E-state index < -0.39 is 12.1 Å². The number of amides is 1. The zero-order chi connectivity index (χ0) is 18.4. The van der Waals surface area contributed by atoms with Crippen LogP contribution in [0.1, 0.15) is 46.4 Å². The molecule has 1 amide bonds. The van der Waals surface area contributed by atoms with Gasteiger partial charge < -0.3 is 10.4 Å². The molecule has 1 aromatic heterocycles. The topological polar surface area (TPSA) is 75.1 Å². The van der Waals surface area contributed by atoms with Gasteiger partial charge in [-0.15, -0.1) is 0 Å². The highest BCUT2D eigenvalue weighted by atomic mass is 16.3. The molecule has 2 N–H and O–H groups in total. The van der Waals surface area contributed by atoms with Gasteiger partial charge in [0.05, 0.1) is 11.6 Å². The number of hydrogen-bond donors (Lipinski definition) is 2. The normalized spacial score (nSPS) is 13.0. The van der Waals surface area contributed by atoms with Crippen molar-refractivity contribution in [2.45, 2.75) is 25.5 Å². The third kappa shape index (κ3) is 4.13. The van der Waals surface area contributed by atoms with E-state index in [1.54, 1.807) is 0 Å². The fourth-order valence-electron chi connectivity index (χ4n) is 2.73. The minimum atomic E-state index is -0.876. The summed E-state index contributed by atoms with van der Waals surface area (Å²) in [7, 11) is 0. The Labute approximate surface area is 152 Å². The van der Waals surface area contributed by atoms with E-state index in [1.807, 2.05) is 67.6 Å². The van der Waals surface area contributed by atoms with E-state index in [2.05, 4.69) is 15.3 Å². The predicted octanol–water partition coefficient (Wildman–Crippen LogP) is 3.24. The molecule has 2 aromatic carbocycles. The van der Waals surface area contributed by atoms with Crippen LogP contribution in [0.5, 0.6) is 0 Å². The van der Waals surface area contributed by atoms with Gasteiger partial charge in [-0.05, 0) is 11.1 Å². The molecule has 0 aliphatic rings. The van der Waals surface area contributed by atoms with Crippen molar-refractivity contribution in [1.29, 1.82) is 0 Å². The summed E-state index contributed by atoms with van der Waals surface area (Å²) in [6.07, 6.45) is 2.86. The number of nitrogens with zero attached hydrogens (tertiary/aromatic N) is 2. The van der Waals surface area contributed by atoms with Crippen LogP contribution < -0.4 is 5.32 Å². The molecule has 26 heavy (non-hydrogen) atoms. The summed E-state index contributed by atoms with van der Waals surface area (Å²) in [4.78, 5) is 21.0. The number of benzene rings is 2. The third-order valence-corrected chi connectivity index (χ3v) is 4.19. The molecule has 0 bridgehead atoms. The molecule has 0 saturated heterocycles. The fraction of sp³-hybridized carbons (Fsp3) is 0.190. The Morgan fingerprint density at radius 2 is 1.50 bits per heavy atom. The lowest BCUT2D eigenvalue weighted by atomic mass is 9.95. The Bertz CT molecular complexity index is 836. The van der Waals surface area contributed by atoms with E-state index in [1.165, 1.54) is 12.4 Å². The van der Waals surface area contributed by atoms with Crippen molar-refractivity contribution in [2.75, 3.05) is 0 Å². The monoisotopic (exact) mass is 347 g/mol. The van der Waals surface area contributed by atoms with E-state index in [0.29, 0.717) is 17.8 Å². The molecule has 2 unspecified atom stereocenters. The van der Waals surface area contributed by atoms with Gasteiger partial charge in [0.2, 0.25) is 0 Å². The Kier molecular flexibility index (Phi) is 5.71. The first-order valence-corrected chi connectivity index (χ1v) is 8.58. The Morgan fingerprint density at radius 1 is 0.962 bits per heavy atom. The van der Waals surface area contributed by atoms with Gasteiger partial charge in [0, 0.05) is 18.8 Å². The highest BCUT2D eigenvalue weighted by molar-refractivity contribution is 5.93. The molecule has 1 heterocycles. The number of aliphatic hydroxyl groups excluding tert-OH is 1. The first-order valence-electron chi connectivity index (χ1n) is 8.58. The van der Waals surface area contributed by atoms with Gasteiger partial charge in [0.15, 0.2) is 0 Å². The molecule has 5 heteroatoms. The number of carbonyl (C=O) groups is 1. The lowest BCUT2D eigenvalue weighted by Crippen LogP contribution is -2.33. The summed E-state index contributed by atoms with van der Waals surface area (Å²) in [5.74, 6) is 0.363. The van der Waals surface area contributed by atoms with Crippen LogP contribution in [0.15, 0.2) is 73.1 Å². The predicted molar refractivity (Wildman–Crippen MR) is 99.5 cm³/mol. The molecule has 3 rings (SSSR count). The zero-order valence-electron chi connectivity index (χ0n) is 14.5. The smallest absolute Gasteiger partial charge is 0.255 e. The van der Waals surface area contributed by atoms with E-state index in [9.17, 15) is 9.90 Å². The zero-order valence-corrected chi connectivity index (χ0v) is 14.5. The molecular formula is C21H21N3O2. The second-order valence-electron chi connectivity index (χ2n) is 5.96. The van der Waals surface area contributed by atoms with Gasteiger partial charge in [0.1, 0.15) is 11.9 Å². The minimum Gasteiger partial charge on any atom is -0.386 e. The van der Waals surface area contributed by atoms with Gasteiger partial charge in [-0.25, -0.2) is 9.97 Å². The van der Waals surface area contributed by atoms with Crippen LogP contribution in [-0.4, -0.2) is 21.0 Å². The van der Waals surface area contributed by atoms with Crippen LogP contribution in [0.2, 0.25) is 0 Å². The molecule has 0 aliphatic heterocycles. The molecule has 5 nitrogen and oxygen atoms in total. The maximum Gasteiger partial charge on any atom is 0.255 e. The van der Waals surface area contributed by atoms with E-state index in [4.69, 9.17) is 0 Å². The van der Waals surface area contributed by atoms with Crippen LogP contribution in [0.4, 0.5) is 0 Å². The maximum atomic E-state index is 12.7. The van der Waals surface area contributed by atoms with Gasteiger partial charge >= 0.3 is 0 Å². The largest absolute Gasteiger partial charge is 0.386 e. The van der Waals surface area contributed by atoms with Crippen LogP contribution in [0.3, 0.4) is 0 Å². The molecule has 0 spiro atoms. The molecular weight excluding hydrogens is 326 g/mol. The number of rotatable bonds is 6. The van der Waals surface area contributed by atoms with Crippen molar-refractivity contribution in [1.82, 2.24) is 15.3 Å². The average molecular weight is 347 g/mol. The summed E-state index contributed by atoms with van der Waals surface area (Å²) in [6.45, 7) is 1.96. The number of aromatic nitrogens is 2. The summed E-state index contributed by atoms with van der Waals surface area (Å²) < 4.78 is 0. The number of aryl methyl sites for hydroxylation is 1. The third-order valence-electron chi connectivity index (χ3n) is 4.19. The minimum absolute atomic E-state index is 0.323. The summed E-state index contributed by atoms with van der Waals surface area (Å²) in [5, 5.41) is 13.8. The Hall–Kier alpha value is -3.05. The molecule has 3 aromatic rings. The molecule has 132 valence electrons. The van der Waals surface area contributed by atoms with Gasteiger partial charge in [-0.2, -0.15) is 0 Å². The quantitative estimate of drug-likeness (QED) is 0.718. The fourth-order valence-corrected chi connectivity index (χ4v) is 2.73. The van der Waals surface area contributed by atoms with Crippen LogP contribution in [-0.2, 0) is 6.42 Å². The van der Waals surface area contributed by atoms with Crippen molar-refractivity contribution < 1.29 is 9.90 Å². The Morgan fingerprint density at radius 3 is 2.04 bits per heavy atom. The first kappa shape index (κ1) is 17.8. The van der Waals surface area contributed by atoms with Crippen molar-refractivity contribution >= 4 is 5.91 Å². The van der Waals surface area contributed by atoms with Crippen molar-refractivity contribution in [3.8, 4) is 0 Å². The highest BCUT2D eigenvalue weighted by Gasteiger charge is 2.25. The molecule has 0 aliphatic carbocycles. The van der Waals surface area contributed by atoms with Gasteiger partial charge in [-0.3, -0.25) is 4.79 Å². The average Bonchev–Trinajstić information content (AvgIpc) is 2.72. The molecule has 0 fully saturated rings. The van der Waals surface area contributed by atoms with Crippen molar-refractivity contribution in [2.24, 2.45) is 0 Å². The lowest BCUT2D eigenvalue weighted by molar-refractivity contribution is 0.0830. The Balaban J connectivity index is 1.87. The van der Waals surface area contributed by atoms with Crippen LogP contribution in [0.25, 0.3) is 0 Å². The summed E-state index contributed by atoms with van der Waals surface area (Å²) >= 11 is 0. The number of aliphatic hydroxyl groups is 1. The molecule has 2 atom stereocenters. The molecule has 0 radical (unpaired) electrons. The van der Waals surface area contributed by atoms with E-state index in [0.717, 1.165) is 11.1 Å². The van der Waals surface area contributed by atoms with Crippen molar-refractivity contribution in [3.63, 3.8) is 0 Å². The molecule has 0 saturated carbocycles. The maximum absolute atomic E-state index is 12.7. The summed E-state index contributed by atoms with van der Waals surface area (Å²) in [6, 6.07) is 18.1. The van der Waals surface area contributed by atoms with Gasteiger partial charge in [-0.1, -0.05) is 67.6 Å². The van der Waals surface area contributed by atoms with Gasteiger partial charge in [0.25, 0.3) is 5.91 Å². The number of carbonyl (C=O) groups excluding carboxylic acids is 1. The second-order valence-corrected chi connectivity index (χ2v) is 5.96. The lowest BCUT2D eigenvalue weighted by Gasteiger charge is -2.25. The van der Waals surface area contributed by atoms with E-state index >= 15 is 0 Å². The van der Waals surface area contributed by atoms with E-state index in [-0.39, 0.29) is 5.91 Å². The first-order chi connectivity index (χ1) is 12.7. The van der Waals surface area contributed by atoms with Crippen molar-refractivity contribution in [3.05, 3.63) is 95.6 Å². The van der Waals surface area contributed by atoms with Crippen LogP contribution >= 0.6 is 0 Å².